The maximum absolute atomic E-state index is 13.8. The lowest BCUT2D eigenvalue weighted by molar-refractivity contribution is -0.121. The fourth-order valence-electron chi connectivity index (χ4n) is 2.79. The minimum Gasteiger partial charge on any atom is -0.441 e. The topological polar surface area (TPSA) is 85.8 Å². The molecule has 146 valence electrons. The lowest BCUT2D eigenvalue weighted by Crippen LogP contribution is -2.23. The molecule has 7 nitrogen and oxygen atoms in total. The molecule has 1 amide bonds. The van der Waals surface area contributed by atoms with E-state index in [2.05, 4.69) is 20.3 Å². The number of pyridine rings is 1. The molecule has 0 aliphatic carbocycles. The summed E-state index contributed by atoms with van der Waals surface area (Å²) in [6.07, 6.45) is 8.90. The lowest BCUT2D eigenvalue weighted by Gasteiger charge is -2.06. The van der Waals surface area contributed by atoms with Crippen LogP contribution in [0.3, 0.4) is 0 Å². The third-order valence-electron chi connectivity index (χ3n) is 4.33. The Labute approximate surface area is 166 Å². The molecule has 0 bridgehead atoms. The Hall–Kier alpha value is -3.81. The first-order valence-electron chi connectivity index (χ1n) is 9.08. The Morgan fingerprint density at radius 3 is 2.79 bits per heavy atom. The van der Waals surface area contributed by atoms with Crippen LogP contribution in [0.1, 0.15) is 17.9 Å². The number of aromatic nitrogens is 4. The number of imidazole rings is 1. The molecule has 29 heavy (non-hydrogen) atoms. The number of rotatable bonds is 7. The van der Waals surface area contributed by atoms with E-state index in [9.17, 15) is 9.18 Å². The van der Waals surface area contributed by atoms with Gasteiger partial charge in [-0.2, -0.15) is 0 Å². The van der Waals surface area contributed by atoms with Crippen molar-refractivity contribution in [2.75, 3.05) is 0 Å². The molecule has 0 fully saturated rings. The van der Waals surface area contributed by atoms with Crippen LogP contribution < -0.4 is 5.32 Å². The van der Waals surface area contributed by atoms with Crippen molar-refractivity contribution in [1.82, 2.24) is 24.8 Å². The van der Waals surface area contributed by atoms with E-state index in [4.69, 9.17) is 4.42 Å². The van der Waals surface area contributed by atoms with Crippen molar-refractivity contribution in [3.05, 3.63) is 84.8 Å². The highest BCUT2D eigenvalue weighted by Gasteiger charge is 2.12. The van der Waals surface area contributed by atoms with Crippen molar-refractivity contribution in [2.24, 2.45) is 0 Å². The first-order valence-corrected chi connectivity index (χ1v) is 9.08. The zero-order valence-electron chi connectivity index (χ0n) is 15.5. The molecule has 1 N–H and O–H groups in total. The summed E-state index contributed by atoms with van der Waals surface area (Å²) >= 11 is 0. The predicted octanol–water partition coefficient (Wildman–Crippen LogP) is 3.31. The molecule has 3 heterocycles. The largest absolute Gasteiger partial charge is 0.441 e. The van der Waals surface area contributed by atoms with Gasteiger partial charge in [0.1, 0.15) is 18.0 Å². The van der Waals surface area contributed by atoms with Gasteiger partial charge < -0.3 is 9.73 Å². The number of nitrogens with one attached hydrogen (secondary N) is 1. The van der Waals surface area contributed by atoms with E-state index >= 15 is 0 Å². The SMILES string of the molecule is O=C(CCc1ncc(-c2ccccc2F)o1)NCc1ccc(-n2ccnc2)nc1. The maximum Gasteiger partial charge on any atom is 0.220 e. The zero-order chi connectivity index (χ0) is 20.1. The highest BCUT2D eigenvalue weighted by molar-refractivity contribution is 5.76. The fourth-order valence-corrected chi connectivity index (χ4v) is 2.79. The fraction of sp³-hybridized carbons (Fsp3) is 0.143. The second-order valence-electron chi connectivity index (χ2n) is 6.37. The molecule has 0 radical (unpaired) electrons. The summed E-state index contributed by atoms with van der Waals surface area (Å²) in [6, 6.07) is 10.1. The molecule has 4 aromatic rings. The number of halogens is 1. The van der Waals surface area contributed by atoms with Crippen molar-refractivity contribution in [2.45, 2.75) is 19.4 Å². The number of aryl methyl sites for hydroxylation is 1. The van der Waals surface area contributed by atoms with Gasteiger partial charge in [-0.1, -0.05) is 18.2 Å². The summed E-state index contributed by atoms with van der Waals surface area (Å²) in [5, 5.41) is 2.84. The third kappa shape index (κ3) is 4.55. The normalized spacial score (nSPS) is 10.8. The van der Waals surface area contributed by atoms with Gasteiger partial charge in [-0.15, -0.1) is 0 Å². The molecule has 0 saturated heterocycles. The number of amides is 1. The predicted molar refractivity (Wildman–Crippen MR) is 103 cm³/mol. The first kappa shape index (κ1) is 18.5. The third-order valence-corrected chi connectivity index (χ3v) is 4.33. The van der Waals surface area contributed by atoms with E-state index in [1.54, 1.807) is 41.5 Å². The number of benzene rings is 1. The summed E-state index contributed by atoms with van der Waals surface area (Å²) in [6.45, 7) is 0.377. The average molecular weight is 391 g/mol. The minimum absolute atomic E-state index is 0.130. The summed E-state index contributed by atoms with van der Waals surface area (Å²) in [5.41, 5.74) is 1.24. The van der Waals surface area contributed by atoms with Crippen LogP contribution in [0.2, 0.25) is 0 Å². The maximum atomic E-state index is 13.8. The molecule has 0 unspecified atom stereocenters. The van der Waals surface area contributed by atoms with Crippen LogP contribution in [0.4, 0.5) is 4.39 Å². The number of hydrogen-bond acceptors (Lipinski definition) is 5. The standard InChI is InChI=1S/C21H18FN5O2/c22-17-4-2-1-3-16(17)18-13-26-21(29-18)8-7-20(28)25-12-15-5-6-19(24-11-15)27-10-9-23-14-27/h1-6,9-11,13-14H,7-8,12H2,(H,25,28). The monoisotopic (exact) mass is 391 g/mol. The Morgan fingerprint density at radius 2 is 2.03 bits per heavy atom. The first-order chi connectivity index (χ1) is 14.2. The molecule has 0 spiro atoms. The molecule has 4 rings (SSSR count). The summed E-state index contributed by atoms with van der Waals surface area (Å²) < 4.78 is 21.2. The molecule has 0 saturated carbocycles. The van der Waals surface area contributed by atoms with E-state index in [1.165, 1.54) is 12.3 Å². The molecular formula is C21H18FN5O2. The van der Waals surface area contributed by atoms with E-state index in [1.807, 2.05) is 18.3 Å². The summed E-state index contributed by atoms with van der Waals surface area (Å²) in [7, 11) is 0. The molecule has 0 aliphatic heterocycles. The Bertz CT molecular complexity index is 1090. The zero-order valence-corrected chi connectivity index (χ0v) is 15.5. The molecule has 8 heteroatoms. The van der Waals surface area contributed by atoms with Gasteiger partial charge in [0.2, 0.25) is 5.91 Å². The van der Waals surface area contributed by atoms with E-state index < -0.39 is 0 Å². The molecule has 1 aromatic carbocycles. The molecule has 0 aliphatic rings. The average Bonchev–Trinajstić information content (AvgIpc) is 3.44. The molecular weight excluding hydrogens is 373 g/mol. The van der Waals surface area contributed by atoms with Crippen molar-refractivity contribution >= 4 is 5.91 Å². The van der Waals surface area contributed by atoms with Gasteiger partial charge >= 0.3 is 0 Å². The van der Waals surface area contributed by atoms with Crippen molar-refractivity contribution < 1.29 is 13.6 Å². The van der Waals surface area contributed by atoms with Crippen LogP contribution in [0.5, 0.6) is 0 Å². The number of nitrogens with zero attached hydrogens (tertiary/aromatic N) is 4. The van der Waals surface area contributed by atoms with E-state index in [0.717, 1.165) is 11.4 Å². The summed E-state index contributed by atoms with van der Waals surface area (Å²) in [5.74, 6) is 0.995. The highest BCUT2D eigenvalue weighted by Crippen LogP contribution is 2.23. The van der Waals surface area contributed by atoms with E-state index in [-0.39, 0.29) is 18.1 Å². The summed E-state index contributed by atoms with van der Waals surface area (Å²) in [4.78, 5) is 24.6. The van der Waals surface area contributed by atoms with Crippen molar-refractivity contribution in [3.8, 4) is 17.1 Å². The van der Waals surface area contributed by atoms with Gasteiger partial charge in [0.15, 0.2) is 11.7 Å². The number of carbonyl (C=O) groups is 1. The number of carbonyl (C=O) groups excluding carboxylic acids is 1. The van der Waals surface area contributed by atoms with Crippen LogP contribution in [-0.2, 0) is 17.8 Å². The van der Waals surface area contributed by atoms with Gasteiger partial charge in [0.25, 0.3) is 0 Å². The van der Waals surface area contributed by atoms with Crippen LogP contribution in [0.15, 0.2) is 71.9 Å². The van der Waals surface area contributed by atoms with Gasteiger partial charge in [0.05, 0.1) is 11.8 Å². The smallest absolute Gasteiger partial charge is 0.220 e. The van der Waals surface area contributed by atoms with Crippen LogP contribution in [0, 0.1) is 5.82 Å². The number of oxazole rings is 1. The lowest BCUT2D eigenvalue weighted by atomic mass is 10.2. The van der Waals surface area contributed by atoms with Crippen molar-refractivity contribution in [1.29, 1.82) is 0 Å². The van der Waals surface area contributed by atoms with Crippen molar-refractivity contribution in [3.63, 3.8) is 0 Å². The second kappa shape index (κ2) is 8.47. The van der Waals surface area contributed by atoms with Gasteiger partial charge in [0, 0.05) is 38.0 Å². The van der Waals surface area contributed by atoms with Crippen LogP contribution >= 0.6 is 0 Å². The Balaban J connectivity index is 1.27. The highest BCUT2D eigenvalue weighted by atomic mass is 19.1. The quantitative estimate of drug-likeness (QED) is 0.522. The van der Waals surface area contributed by atoms with Gasteiger partial charge in [-0.3, -0.25) is 9.36 Å². The molecule has 3 aromatic heterocycles. The minimum atomic E-state index is -0.374. The van der Waals surface area contributed by atoms with Crippen LogP contribution in [0.25, 0.3) is 17.1 Å². The molecule has 0 atom stereocenters. The van der Waals surface area contributed by atoms with Gasteiger partial charge in [-0.05, 0) is 23.8 Å². The number of hydrogen-bond donors (Lipinski definition) is 1. The Kier molecular flexibility index (Phi) is 5.42. The Morgan fingerprint density at radius 1 is 1.14 bits per heavy atom. The second-order valence-corrected chi connectivity index (χ2v) is 6.37. The van der Waals surface area contributed by atoms with Gasteiger partial charge in [-0.25, -0.2) is 19.3 Å². The van der Waals surface area contributed by atoms with E-state index in [0.29, 0.717) is 30.2 Å². The van der Waals surface area contributed by atoms with Crippen LogP contribution in [-0.4, -0.2) is 25.4 Å².